The van der Waals surface area contributed by atoms with Crippen molar-refractivity contribution in [3.8, 4) is 12.1 Å². The summed E-state index contributed by atoms with van der Waals surface area (Å²) in [6.07, 6.45) is 3.99. The average Bonchev–Trinajstić information content (AvgIpc) is 2.67. The maximum Gasteiger partial charge on any atom is 1.00 e. The summed E-state index contributed by atoms with van der Waals surface area (Å²) in [6, 6.07) is 17.0. The van der Waals surface area contributed by atoms with Crippen molar-refractivity contribution in [2.45, 2.75) is 37.5 Å². The van der Waals surface area contributed by atoms with Gasteiger partial charge in [-0.15, -0.1) is 0 Å². The van der Waals surface area contributed by atoms with E-state index in [9.17, 15) is 8.78 Å². The second kappa shape index (κ2) is 18.4. The van der Waals surface area contributed by atoms with Crippen molar-refractivity contribution < 1.29 is 65.6 Å². The molecule has 0 bridgehead atoms. The van der Waals surface area contributed by atoms with E-state index in [1.54, 1.807) is 36.4 Å². The van der Waals surface area contributed by atoms with E-state index in [0.717, 1.165) is 29.9 Å². The second-order valence-corrected chi connectivity index (χ2v) is 7.77. The predicted octanol–water partition coefficient (Wildman–Crippen LogP) is 3.66. The number of hydrogen-bond acceptors (Lipinski definition) is 3. The fourth-order valence-corrected chi connectivity index (χ4v) is 3.91. The van der Waals surface area contributed by atoms with Gasteiger partial charge in [0.05, 0.1) is 24.0 Å². The Bertz CT molecular complexity index is 819. The zero-order valence-corrected chi connectivity index (χ0v) is 23.2. The van der Waals surface area contributed by atoms with Gasteiger partial charge in [-0.3, -0.25) is 0 Å². The molecule has 0 amide bonds. The van der Waals surface area contributed by atoms with E-state index in [1.165, 1.54) is 18.6 Å². The molecule has 3 nitrogen and oxygen atoms in total. The number of halogens is 4. The molecule has 0 aromatic heterocycles. The Morgan fingerprint density at radius 2 is 1.43 bits per heavy atom. The average molecular weight is 568 g/mol. The van der Waals surface area contributed by atoms with Crippen LogP contribution in [-0.4, -0.2) is 16.1 Å². The summed E-state index contributed by atoms with van der Waals surface area (Å²) < 4.78 is 26.0. The second-order valence-electron chi connectivity index (χ2n) is 6.19. The van der Waals surface area contributed by atoms with Crippen LogP contribution in [0.1, 0.15) is 36.8 Å². The first-order chi connectivity index (χ1) is 13.5. The van der Waals surface area contributed by atoms with E-state index < -0.39 is 5.41 Å². The van der Waals surface area contributed by atoms with Crippen LogP contribution in [-0.2, 0) is 11.8 Å². The Kier molecular flexibility index (Phi) is 19.7. The molecule has 0 spiro atoms. The van der Waals surface area contributed by atoms with Crippen LogP contribution in [0.25, 0.3) is 0 Å². The normalized spacial score (nSPS) is 12.5. The van der Waals surface area contributed by atoms with Gasteiger partial charge in [0, 0.05) is 21.8 Å². The summed E-state index contributed by atoms with van der Waals surface area (Å²) in [7, 11) is 0. The van der Waals surface area contributed by atoms with Crippen molar-refractivity contribution in [3.05, 3.63) is 71.3 Å². The molecule has 0 aliphatic heterocycles. The molecule has 0 saturated heterocycles. The molecule has 0 radical (unpaired) electrons. The van der Waals surface area contributed by atoms with E-state index >= 15 is 0 Å². The van der Waals surface area contributed by atoms with Gasteiger partial charge in [-0.1, -0.05) is 68.3 Å². The van der Waals surface area contributed by atoms with E-state index in [0.29, 0.717) is 11.1 Å². The van der Waals surface area contributed by atoms with Crippen LogP contribution in [0, 0.1) is 34.3 Å². The third-order valence-electron chi connectivity index (χ3n) is 4.31. The molecule has 0 atom stereocenters. The molecule has 156 valence electrons. The summed E-state index contributed by atoms with van der Waals surface area (Å²) in [4.78, 5) is 0. The van der Waals surface area contributed by atoms with Crippen molar-refractivity contribution in [2.24, 2.45) is 0 Å². The van der Waals surface area contributed by atoms with E-state index in [4.69, 9.17) is 10.5 Å². The van der Waals surface area contributed by atoms with Gasteiger partial charge in [-0.2, -0.15) is 10.5 Å². The fraction of sp³-hybridized carbons (Fsp3) is 0.364. The van der Waals surface area contributed by atoms with E-state index in [2.05, 4.69) is 37.9 Å². The summed E-state index contributed by atoms with van der Waals surface area (Å²) in [5, 5.41) is 19.4. The summed E-state index contributed by atoms with van der Waals surface area (Å²) in [6.45, 7) is 0. The Morgan fingerprint density at radius 3 is 1.80 bits per heavy atom. The minimum absolute atomic E-state index is 0. The Labute approximate surface area is 236 Å². The van der Waals surface area contributed by atoms with E-state index in [-0.39, 0.29) is 74.9 Å². The van der Waals surface area contributed by atoms with E-state index in [1.807, 2.05) is 6.07 Å². The van der Waals surface area contributed by atoms with Crippen molar-refractivity contribution in [3.63, 3.8) is 0 Å². The van der Waals surface area contributed by atoms with Crippen molar-refractivity contribution >= 4 is 31.9 Å². The molecule has 1 aliphatic rings. The van der Waals surface area contributed by atoms with Crippen LogP contribution >= 0.6 is 31.9 Å². The maximum atomic E-state index is 13.3. The zero-order valence-electron chi connectivity index (χ0n) is 16.9. The van der Waals surface area contributed by atoms with Gasteiger partial charge in [0.1, 0.15) is 11.6 Å². The minimum atomic E-state index is -0.522. The molecule has 2 aromatic rings. The van der Waals surface area contributed by atoms with Gasteiger partial charge >= 0.3 is 51.4 Å². The SMILES string of the molecule is BrCCCBr.N#CC1(c2ccccc2F)CCC1.N#CCc1ccccc1F.[K+].[OH-]. The van der Waals surface area contributed by atoms with Gasteiger partial charge in [0.2, 0.25) is 0 Å². The number of nitrogens with zero attached hydrogens (tertiary/aromatic N) is 2. The Morgan fingerprint density at radius 1 is 0.900 bits per heavy atom. The largest absolute Gasteiger partial charge is 1.00 e. The Hall–Kier alpha value is -0.164. The number of nitriles is 2. The van der Waals surface area contributed by atoms with Crippen LogP contribution in [0.15, 0.2) is 48.5 Å². The molecule has 30 heavy (non-hydrogen) atoms. The van der Waals surface area contributed by atoms with Crippen LogP contribution in [0.2, 0.25) is 0 Å². The van der Waals surface area contributed by atoms with Gasteiger partial charge in [-0.25, -0.2) is 8.78 Å². The first kappa shape index (κ1) is 32.0. The molecule has 0 heterocycles. The molecular weight excluding hydrogens is 545 g/mol. The quantitative estimate of drug-likeness (QED) is 0.418. The molecule has 1 fully saturated rings. The molecule has 2 aromatic carbocycles. The van der Waals surface area contributed by atoms with Crippen LogP contribution in [0.3, 0.4) is 0 Å². The maximum absolute atomic E-state index is 13.3. The fourth-order valence-electron chi connectivity index (χ4n) is 2.60. The Balaban J connectivity index is 0. The van der Waals surface area contributed by atoms with Gasteiger partial charge < -0.3 is 5.48 Å². The third-order valence-corrected chi connectivity index (χ3v) is 5.43. The van der Waals surface area contributed by atoms with Crippen LogP contribution in [0.4, 0.5) is 8.78 Å². The number of alkyl halides is 2. The first-order valence-electron chi connectivity index (χ1n) is 8.93. The zero-order chi connectivity index (χ0) is 20.8. The van der Waals surface area contributed by atoms with Gasteiger partial charge in [-0.05, 0) is 37.8 Å². The molecular formula is C22H23Br2F2KN2O. The van der Waals surface area contributed by atoms with Gasteiger partial charge in [0.15, 0.2) is 0 Å². The topological polar surface area (TPSA) is 77.6 Å². The third kappa shape index (κ3) is 10.4. The molecule has 1 N–H and O–H groups in total. The first-order valence-corrected chi connectivity index (χ1v) is 11.2. The van der Waals surface area contributed by atoms with Gasteiger partial charge in [0.25, 0.3) is 0 Å². The van der Waals surface area contributed by atoms with Crippen molar-refractivity contribution in [1.82, 2.24) is 0 Å². The number of hydrogen-bond donors (Lipinski definition) is 0. The van der Waals surface area contributed by atoms with Crippen molar-refractivity contribution in [2.75, 3.05) is 10.7 Å². The number of rotatable bonds is 4. The monoisotopic (exact) mass is 566 g/mol. The van der Waals surface area contributed by atoms with Crippen LogP contribution < -0.4 is 51.4 Å². The van der Waals surface area contributed by atoms with Crippen molar-refractivity contribution in [1.29, 1.82) is 10.5 Å². The molecule has 8 heteroatoms. The molecule has 1 aliphatic carbocycles. The molecule has 1 saturated carbocycles. The number of benzene rings is 2. The summed E-state index contributed by atoms with van der Waals surface area (Å²) in [5.41, 5.74) is 0.513. The molecule has 0 unspecified atom stereocenters. The summed E-state index contributed by atoms with van der Waals surface area (Å²) >= 11 is 6.56. The smallest absolute Gasteiger partial charge is 0.870 e. The molecule has 3 rings (SSSR count). The summed E-state index contributed by atoms with van der Waals surface area (Å²) in [5.74, 6) is -0.548. The van der Waals surface area contributed by atoms with Crippen LogP contribution in [0.5, 0.6) is 0 Å². The minimum Gasteiger partial charge on any atom is -0.870 e. The standard InChI is InChI=1S/C11H10FN.C8H6FN.C3H6Br2.K.H2O/c12-10-5-2-1-4-9(10)11(8-13)6-3-7-11;9-8-4-2-1-3-7(8)5-6-10;4-2-1-3-5;;/h1-2,4-5H,3,6-7H2;1-4H,5H2;1-3H2;;1H2/q;;;+1;/p-1. The predicted molar refractivity (Wildman–Crippen MR) is 117 cm³/mol.